The average Bonchev–Trinajstić information content (AvgIpc) is 2.75. The van der Waals surface area contributed by atoms with Crippen LogP contribution in [0, 0.1) is 5.82 Å². The summed E-state index contributed by atoms with van der Waals surface area (Å²) >= 11 is 0. The number of hydrogen-bond donors (Lipinski definition) is 2. The third kappa shape index (κ3) is 4.72. The quantitative estimate of drug-likeness (QED) is 0.434. The van der Waals surface area contributed by atoms with Gasteiger partial charge in [-0.15, -0.1) is 0 Å². The minimum atomic E-state index is -3.96. The molecule has 7 nitrogen and oxygen atoms in total. The standard InChI is InChI=1S/C22H19FN4O3S/c1-2-30-17-10-12-18(13-11-17)31(28,29)27-22-21(24-16-7-5-6-15(23)14-16)25-19-8-3-4-9-20(19)26-22/h3-14H,2H2,1H3,(H,24,25)(H,26,27). The van der Waals surface area contributed by atoms with Crippen molar-refractivity contribution in [3.63, 3.8) is 0 Å². The van der Waals surface area contributed by atoms with E-state index in [4.69, 9.17) is 4.74 Å². The molecule has 1 aromatic heterocycles. The molecule has 31 heavy (non-hydrogen) atoms. The number of nitrogens with one attached hydrogen (secondary N) is 2. The van der Waals surface area contributed by atoms with E-state index in [1.54, 1.807) is 42.5 Å². The lowest BCUT2D eigenvalue weighted by Gasteiger charge is -2.14. The molecule has 0 fully saturated rings. The SMILES string of the molecule is CCOc1ccc(S(=O)(=O)Nc2nc3ccccc3nc2Nc2cccc(F)c2)cc1. The first-order valence-electron chi connectivity index (χ1n) is 9.49. The van der Waals surface area contributed by atoms with Crippen LogP contribution >= 0.6 is 0 Å². The number of sulfonamides is 1. The normalized spacial score (nSPS) is 11.3. The number of halogens is 1. The van der Waals surface area contributed by atoms with Gasteiger partial charge >= 0.3 is 0 Å². The van der Waals surface area contributed by atoms with Crippen molar-refractivity contribution < 1.29 is 17.5 Å². The molecule has 0 amide bonds. The Morgan fingerprint density at radius 1 is 0.903 bits per heavy atom. The largest absolute Gasteiger partial charge is 0.494 e. The van der Waals surface area contributed by atoms with Crippen LogP contribution in [0.4, 0.5) is 21.7 Å². The maximum Gasteiger partial charge on any atom is 0.263 e. The molecule has 0 saturated heterocycles. The number of para-hydroxylation sites is 2. The minimum Gasteiger partial charge on any atom is -0.494 e. The molecule has 3 aromatic carbocycles. The second kappa shape index (κ2) is 8.57. The molecule has 0 bridgehead atoms. The number of fused-ring (bicyclic) bond motifs is 1. The van der Waals surface area contributed by atoms with Crippen LogP contribution < -0.4 is 14.8 Å². The summed E-state index contributed by atoms with van der Waals surface area (Å²) in [5, 5.41) is 2.94. The number of ether oxygens (including phenoxy) is 1. The summed E-state index contributed by atoms with van der Waals surface area (Å²) in [5.41, 5.74) is 1.48. The summed E-state index contributed by atoms with van der Waals surface area (Å²) in [7, 11) is -3.96. The molecule has 0 aliphatic carbocycles. The molecular formula is C22H19FN4O3S. The first-order valence-corrected chi connectivity index (χ1v) is 11.0. The van der Waals surface area contributed by atoms with E-state index < -0.39 is 15.8 Å². The summed E-state index contributed by atoms with van der Waals surface area (Å²) < 4.78 is 47.4. The monoisotopic (exact) mass is 438 g/mol. The average molecular weight is 438 g/mol. The van der Waals surface area contributed by atoms with Crippen LogP contribution in [-0.2, 0) is 10.0 Å². The highest BCUT2D eigenvalue weighted by Gasteiger charge is 2.19. The molecule has 4 rings (SSSR count). The Labute approximate surface area is 179 Å². The van der Waals surface area contributed by atoms with Gasteiger partial charge in [0.05, 0.1) is 22.5 Å². The molecule has 1 heterocycles. The second-order valence-corrected chi connectivity index (χ2v) is 8.24. The van der Waals surface area contributed by atoms with Crippen LogP contribution in [0.1, 0.15) is 6.92 Å². The number of nitrogens with zero attached hydrogens (tertiary/aromatic N) is 2. The van der Waals surface area contributed by atoms with Crippen LogP contribution in [0.5, 0.6) is 5.75 Å². The zero-order valence-electron chi connectivity index (χ0n) is 16.5. The molecule has 0 radical (unpaired) electrons. The van der Waals surface area contributed by atoms with Crippen LogP contribution in [-0.4, -0.2) is 25.0 Å². The lowest BCUT2D eigenvalue weighted by molar-refractivity contribution is 0.340. The minimum absolute atomic E-state index is 0.00292. The zero-order valence-corrected chi connectivity index (χ0v) is 17.4. The molecule has 0 atom stereocenters. The van der Waals surface area contributed by atoms with Gasteiger partial charge in [-0.1, -0.05) is 18.2 Å². The zero-order chi connectivity index (χ0) is 21.8. The van der Waals surface area contributed by atoms with Crippen LogP contribution in [0.3, 0.4) is 0 Å². The van der Waals surface area contributed by atoms with Crippen LogP contribution in [0.2, 0.25) is 0 Å². The molecule has 0 spiro atoms. The van der Waals surface area contributed by atoms with Gasteiger partial charge in [0.15, 0.2) is 11.6 Å². The van der Waals surface area contributed by atoms with E-state index in [-0.39, 0.29) is 16.5 Å². The highest BCUT2D eigenvalue weighted by molar-refractivity contribution is 7.92. The maximum atomic E-state index is 13.6. The fraction of sp³-hybridized carbons (Fsp3) is 0.0909. The van der Waals surface area contributed by atoms with E-state index in [2.05, 4.69) is 20.0 Å². The second-order valence-electron chi connectivity index (χ2n) is 6.55. The Morgan fingerprint density at radius 3 is 2.23 bits per heavy atom. The molecule has 2 N–H and O–H groups in total. The van der Waals surface area contributed by atoms with Gasteiger partial charge in [-0.2, -0.15) is 0 Å². The summed E-state index contributed by atoms with van der Waals surface area (Å²) in [4.78, 5) is 8.94. The highest BCUT2D eigenvalue weighted by Crippen LogP contribution is 2.27. The number of aromatic nitrogens is 2. The van der Waals surface area contributed by atoms with Crippen LogP contribution in [0.25, 0.3) is 11.0 Å². The van der Waals surface area contributed by atoms with Gasteiger partial charge in [-0.3, -0.25) is 4.72 Å². The molecule has 9 heteroatoms. The number of rotatable bonds is 7. The Bertz CT molecular complexity index is 1330. The Hall–Kier alpha value is -3.72. The first kappa shape index (κ1) is 20.5. The number of hydrogen-bond acceptors (Lipinski definition) is 6. The summed E-state index contributed by atoms with van der Waals surface area (Å²) in [6.07, 6.45) is 0. The van der Waals surface area contributed by atoms with E-state index in [1.165, 1.54) is 30.3 Å². The molecule has 158 valence electrons. The topological polar surface area (TPSA) is 93.2 Å². The van der Waals surface area contributed by atoms with Gasteiger partial charge in [0.1, 0.15) is 11.6 Å². The lowest BCUT2D eigenvalue weighted by Crippen LogP contribution is -2.16. The fourth-order valence-corrected chi connectivity index (χ4v) is 3.94. The summed E-state index contributed by atoms with van der Waals surface area (Å²) in [5.74, 6) is 0.284. The predicted molar refractivity (Wildman–Crippen MR) is 118 cm³/mol. The predicted octanol–water partition coefficient (Wildman–Crippen LogP) is 4.71. The van der Waals surface area contributed by atoms with Crippen molar-refractivity contribution in [3.05, 3.63) is 78.6 Å². The van der Waals surface area contributed by atoms with E-state index in [0.29, 0.717) is 29.1 Å². The summed E-state index contributed by atoms with van der Waals surface area (Å²) in [6, 6.07) is 18.9. The number of anilines is 3. The van der Waals surface area contributed by atoms with Gasteiger partial charge < -0.3 is 10.1 Å². The lowest BCUT2D eigenvalue weighted by atomic mass is 10.3. The van der Waals surface area contributed by atoms with Gasteiger partial charge in [0.2, 0.25) is 0 Å². The highest BCUT2D eigenvalue weighted by atomic mass is 32.2. The van der Waals surface area contributed by atoms with Gasteiger partial charge in [0.25, 0.3) is 10.0 Å². The fourth-order valence-electron chi connectivity index (χ4n) is 2.93. The molecular weight excluding hydrogens is 419 g/mol. The Balaban J connectivity index is 1.72. The molecule has 0 unspecified atom stereocenters. The first-order chi connectivity index (χ1) is 14.9. The van der Waals surface area contributed by atoms with E-state index in [9.17, 15) is 12.8 Å². The third-order valence-electron chi connectivity index (χ3n) is 4.33. The summed E-state index contributed by atoms with van der Waals surface area (Å²) in [6.45, 7) is 2.32. The molecule has 0 aliphatic rings. The Morgan fingerprint density at radius 2 is 1.58 bits per heavy atom. The van der Waals surface area contributed by atoms with E-state index >= 15 is 0 Å². The van der Waals surface area contributed by atoms with Gasteiger partial charge in [0, 0.05) is 5.69 Å². The van der Waals surface area contributed by atoms with E-state index in [1.807, 2.05) is 6.92 Å². The van der Waals surface area contributed by atoms with Gasteiger partial charge in [-0.05, 0) is 61.5 Å². The molecule has 0 aliphatic heterocycles. The van der Waals surface area contributed by atoms with Crippen molar-refractivity contribution in [1.82, 2.24) is 9.97 Å². The van der Waals surface area contributed by atoms with Crippen molar-refractivity contribution in [1.29, 1.82) is 0 Å². The number of benzene rings is 3. The smallest absolute Gasteiger partial charge is 0.263 e. The maximum absolute atomic E-state index is 13.6. The Kier molecular flexibility index (Phi) is 5.68. The van der Waals surface area contributed by atoms with E-state index in [0.717, 1.165) is 0 Å². The van der Waals surface area contributed by atoms with Crippen LogP contribution in [0.15, 0.2) is 77.7 Å². The van der Waals surface area contributed by atoms with Crippen molar-refractivity contribution in [2.75, 3.05) is 16.6 Å². The van der Waals surface area contributed by atoms with Gasteiger partial charge in [-0.25, -0.2) is 22.8 Å². The molecule has 4 aromatic rings. The van der Waals surface area contributed by atoms with Crippen molar-refractivity contribution >= 4 is 38.4 Å². The third-order valence-corrected chi connectivity index (χ3v) is 5.69. The molecule has 0 saturated carbocycles. The van der Waals surface area contributed by atoms with Crippen molar-refractivity contribution in [2.45, 2.75) is 11.8 Å². The van der Waals surface area contributed by atoms with Crippen molar-refractivity contribution in [2.24, 2.45) is 0 Å². The van der Waals surface area contributed by atoms with Crippen molar-refractivity contribution in [3.8, 4) is 5.75 Å².